The average molecular weight is 368 g/mol. The lowest BCUT2D eigenvalue weighted by Crippen LogP contribution is -2.40. The third-order valence-corrected chi connectivity index (χ3v) is 5.45. The number of carbonyl (C=O) groups excluding carboxylic acids is 1. The van der Waals surface area contributed by atoms with Crippen LogP contribution in [0.4, 0.5) is 0 Å². The summed E-state index contributed by atoms with van der Waals surface area (Å²) in [5, 5.41) is 0. The molecule has 2 aliphatic rings. The van der Waals surface area contributed by atoms with Crippen LogP contribution in [0.2, 0.25) is 0 Å². The number of aromatic amines is 1. The topological polar surface area (TPSA) is 88.2 Å². The molecule has 2 aromatic heterocycles. The number of nitrogens with zero attached hydrogens (tertiary/aromatic N) is 3. The van der Waals surface area contributed by atoms with Crippen molar-refractivity contribution in [2.45, 2.75) is 44.9 Å². The molecular weight excluding hydrogens is 344 g/mol. The van der Waals surface area contributed by atoms with Gasteiger partial charge in [-0.05, 0) is 50.7 Å². The van der Waals surface area contributed by atoms with E-state index in [-0.39, 0.29) is 17.4 Å². The summed E-state index contributed by atoms with van der Waals surface area (Å²) in [6.07, 6.45) is 4.77. The van der Waals surface area contributed by atoms with Crippen molar-refractivity contribution in [1.29, 1.82) is 0 Å². The first-order chi connectivity index (χ1) is 13.0. The molecule has 142 valence electrons. The van der Waals surface area contributed by atoms with E-state index in [2.05, 4.69) is 15.0 Å². The van der Waals surface area contributed by atoms with E-state index in [1.165, 1.54) is 0 Å². The van der Waals surface area contributed by atoms with Gasteiger partial charge >= 0.3 is 0 Å². The third-order valence-electron chi connectivity index (χ3n) is 5.45. The van der Waals surface area contributed by atoms with Gasteiger partial charge in [0.05, 0.1) is 12.8 Å². The highest BCUT2D eigenvalue weighted by molar-refractivity contribution is 5.96. The maximum Gasteiger partial charge on any atom is 0.259 e. The van der Waals surface area contributed by atoms with Crippen molar-refractivity contribution in [3.63, 3.8) is 0 Å². The molecule has 3 heterocycles. The van der Waals surface area contributed by atoms with Gasteiger partial charge in [-0.15, -0.1) is 0 Å². The van der Waals surface area contributed by atoms with Crippen LogP contribution >= 0.6 is 0 Å². The quantitative estimate of drug-likeness (QED) is 0.895. The SMILES string of the molecule is COc1nc2c(cc1C(=O)N1CCC[C@H](c3cc(=O)[nH]c(C)n3)C1)CCC2. The Labute approximate surface area is 157 Å². The molecule has 1 aliphatic heterocycles. The van der Waals surface area contributed by atoms with Crippen molar-refractivity contribution in [3.8, 4) is 5.88 Å². The van der Waals surface area contributed by atoms with E-state index < -0.39 is 0 Å². The summed E-state index contributed by atoms with van der Waals surface area (Å²) in [4.78, 5) is 38.5. The number of hydrogen-bond donors (Lipinski definition) is 1. The van der Waals surface area contributed by atoms with Gasteiger partial charge < -0.3 is 14.6 Å². The van der Waals surface area contributed by atoms with E-state index in [9.17, 15) is 9.59 Å². The molecule has 0 spiro atoms. The van der Waals surface area contributed by atoms with Gasteiger partial charge in [0, 0.05) is 30.8 Å². The third kappa shape index (κ3) is 3.46. The fraction of sp³-hybridized carbons (Fsp3) is 0.500. The van der Waals surface area contributed by atoms with Gasteiger partial charge in [-0.25, -0.2) is 9.97 Å². The normalized spacial score (nSPS) is 19.0. The standard InChI is InChI=1S/C20H24N4O3/c1-12-21-17(10-18(25)22-12)14-6-4-8-24(11-14)20(26)15-9-13-5-3-7-16(13)23-19(15)27-2/h9-10,14H,3-8,11H2,1-2H3,(H,21,22,25)/t14-/m0/s1. The highest BCUT2D eigenvalue weighted by Gasteiger charge is 2.29. The first-order valence-corrected chi connectivity index (χ1v) is 9.49. The number of aryl methyl sites for hydroxylation is 3. The van der Waals surface area contributed by atoms with Crippen molar-refractivity contribution in [1.82, 2.24) is 19.9 Å². The number of hydrogen-bond acceptors (Lipinski definition) is 5. The maximum absolute atomic E-state index is 13.2. The van der Waals surface area contributed by atoms with Crippen LogP contribution in [-0.2, 0) is 12.8 Å². The number of carbonyl (C=O) groups is 1. The van der Waals surface area contributed by atoms with E-state index in [1.807, 2.05) is 11.0 Å². The fourth-order valence-electron chi connectivity index (χ4n) is 4.15. The van der Waals surface area contributed by atoms with E-state index >= 15 is 0 Å². The second kappa shape index (κ2) is 7.13. The molecule has 7 heteroatoms. The molecule has 0 bridgehead atoms. The molecule has 1 saturated heterocycles. The Morgan fingerprint density at radius 2 is 2.11 bits per heavy atom. The summed E-state index contributed by atoms with van der Waals surface area (Å²) in [6.45, 7) is 3.02. The Hall–Kier alpha value is -2.70. The van der Waals surface area contributed by atoms with Gasteiger partial charge in [0.25, 0.3) is 11.5 Å². The zero-order valence-electron chi connectivity index (χ0n) is 15.7. The van der Waals surface area contributed by atoms with E-state index in [0.717, 1.165) is 49.1 Å². The lowest BCUT2D eigenvalue weighted by Gasteiger charge is -2.32. The van der Waals surface area contributed by atoms with Crippen molar-refractivity contribution in [2.75, 3.05) is 20.2 Å². The molecular formula is C20H24N4O3. The Kier molecular flexibility index (Phi) is 4.68. The van der Waals surface area contributed by atoms with Crippen LogP contribution in [0, 0.1) is 6.92 Å². The van der Waals surface area contributed by atoms with Gasteiger partial charge in [0.1, 0.15) is 11.4 Å². The Balaban J connectivity index is 1.60. The zero-order chi connectivity index (χ0) is 19.0. The van der Waals surface area contributed by atoms with Gasteiger partial charge in [0.15, 0.2) is 0 Å². The first kappa shape index (κ1) is 17.7. The van der Waals surface area contributed by atoms with Crippen LogP contribution in [0.3, 0.4) is 0 Å². The Morgan fingerprint density at radius 3 is 2.89 bits per heavy atom. The van der Waals surface area contributed by atoms with Crippen LogP contribution < -0.4 is 10.3 Å². The summed E-state index contributed by atoms with van der Waals surface area (Å²) in [5.41, 5.74) is 3.34. The number of amides is 1. The number of ether oxygens (including phenoxy) is 1. The number of H-pyrrole nitrogens is 1. The van der Waals surface area contributed by atoms with E-state index in [1.54, 1.807) is 20.1 Å². The minimum absolute atomic E-state index is 0.0553. The number of aromatic nitrogens is 3. The number of rotatable bonds is 3. The first-order valence-electron chi connectivity index (χ1n) is 9.49. The molecule has 0 saturated carbocycles. The Morgan fingerprint density at radius 1 is 1.26 bits per heavy atom. The molecule has 27 heavy (non-hydrogen) atoms. The molecule has 0 radical (unpaired) electrons. The minimum Gasteiger partial charge on any atom is -0.480 e. The second-order valence-corrected chi connectivity index (χ2v) is 7.35. The average Bonchev–Trinajstić information content (AvgIpc) is 3.13. The number of pyridine rings is 1. The lowest BCUT2D eigenvalue weighted by atomic mass is 9.94. The predicted molar refractivity (Wildman–Crippen MR) is 100 cm³/mol. The molecule has 7 nitrogen and oxygen atoms in total. The summed E-state index contributed by atoms with van der Waals surface area (Å²) >= 11 is 0. The molecule has 4 rings (SSSR count). The maximum atomic E-state index is 13.2. The molecule has 0 unspecified atom stereocenters. The van der Waals surface area contributed by atoms with Gasteiger partial charge in [-0.1, -0.05) is 0 Å². The molecule has 2 aromatic rings. The highest BCUT2D eigenvalue weighted by Crippen LogP contribution is 2.30. The fourth-order valence-corrected chi connectivity index (χ4v) is 4.15. The van der Waals surface area contributed by atoms with Crippen LogP contribution in [0.1, 0.15) is 58.3 Å². The zero-order valence-corrected chi connectivity index (χ0v) is 15.7. The number of piperidine rings is 1. The second-order valence-electron chi connectivity index (χ2n) is 7.35. The van der Waals surface area contributed by atoms with Gasteiger partial charge in [-0.3, -0.25) is 9.59 Å². The van der Waals surface area contributed by atoms with Crippen LogP contribution in [0.25, 0.3) is 0 Å². The van der Waals surface area contributed by atoms with Crippen molar-refractivity contribution < 1.29 is 9.53 Å². The van der Waals surface area contributed by atoms with Gasteiger partial charge in [-0.2, -0.15) is 0 Å². The van der Waals surface area contributed by atoms with Crippen LogP contribution in [-0.4, -0.2) is 46.0 Å². The van der Waals surface area contributed by atoms with Crippen LogP contribution in [0.15, 0.2) is 16.9 Å². The van der Waals surface area contributed by atoms with Crippen molar-refractivity contribution in [2.24, 2.45) is 0 Å². The summed E-state index contributed by atoms with van der Waals surface area (Å²) in [7, 11) is 1.56. The van der Waals surface area contributed by atoms with Crippen LogP contribution in [0.5, 0.6) is 5.88 Å². The van der Waals surface area contributed by atoms with Crippen molar-refractivity contribution in [3.05, 3.63) is 50.8 Å². The predicted octanol–water partition coefficient (Wildman–Crippen LogP) is 1.99. The summed E-state index contributed by atoms with van der Waals surface area (Å²) in [6, 6.07) is 3.50. The summed E-state index contributed by atoms with van der Waals surface area (Å²) in [5.74, 6) is 1.02. The summed E-state index contributed by atoms with van der Waals surface area (Å²) < 4.78 is 5.41. The Bertz CT molecular complexity index is 937. The van der Waals surface area contributed by atoms with Crippen molar-refractivity contribution >= 4 is 5.91 Å². The van der Waals surface area contributed by atoms with E-state index in [0.29, 0.717) is 30.4 Å². The van der Waals surface area contributed by atoms with E-state index in [4.69, 9.17) is 4.74 Å². The smallest absolute Gasteiger partial charge is 0.259 e. The minimum atomic E-state index is -0.148. The monoisotopic (exact) mass is 368 g/mol. The number of fused-ring (bicyclic) bond motifs is 1. The number of methoxy groups -OCH3 is 1. The number of nitrogens with one attached hydrogen (secondary N) is 1. The van der Waals surface area contributed by atoms with Gasteiger partial charge in [0.2, 0.25) is 5.88 Å². The highest BCUT2D eigenvalue weighted by atomic mass is 16.5. The molecule has 1 atom stereocenters. The molecule has 1 N–H and O–H groups in total. The molecule has 1 fully saturated rings. The molecule has 0 aromatic carbocycles. The largest absolute Gasteiger partial charge is 0.480 e. The number of likely N-dealkylation sites (tertiary alicyclic amines) is 1. The lowest BCUT2D eigenvalue weighted by molar-refractivity contribution is 0.0701. The molecule has 1 amide bonds. The molecule has 1 aliphatic carbocycles.